The number of anilines is 1. The van der Waals surface area contributed by atoms with Crippen molar-refractivity contribution in [2.24, 2.45) is 20.5 Å². The molecule has 0 unspecified atom stereocenters. The van der Waals surface area contributed by atoms with E-state index in [1.54, 1.807) is 0 Å². The molecule has 4 rings (SSSR count). The summed E-state index contributed by atoms with van der Waals surface area (Å²) < 4.78 is 159. The highest BCUT2D eigenvalue weighted by molar-refractivity contribution is 7.91. The third-order valence-corrected chi connectivity index (χ3v) is 11.1. The number of aromatic hydroxyl groups is 1. The Morgan fingerprint density at radius 3 is 1.74 bits per heavy atom. The minimum atomic E-state index is -5.30. The molecule has 4 aromatic carbocycles. The topological polar surface area (TPSA) is 357 Å². The lowest BCUT2D eigenvalue weighted by Crippen LogP contribution is -2.15. The van der Waals surface area contributed by atoms with Crippen molar-refractivity contribution in [3.63, 3.8) is 0 Å². The van der Waals surface area contributed by atoms with Crippen molar-refractivity contribution in [1.29, 1.82) is 0 Å². The number of benzene rings is 4. The summed E-state index contributed by atoms with van der Waals surface area (Å²) in [6, 6.07) is 9.26. The normalized spacial score (nSPS) is 13.4. The summed E-state index contributed by atoms with van der Waals surface area (Å²) in [6.45, 7) is -0.864. The van der Waals surface area contributed by atoms with Gasteiger partial charge in [-0.2, -0.15) is 38.8 Å². The molecule has 7 N–H and O–H groups in total. The minimum absolute atomic E-state index is 0.0148. The van der Waals surface area contributed by atoms with Crippen molar-refractivity contribution < 1.29 is 69.6 Å². The molecule has 26 heteroatoms. The Balaban J connectivity index is 1.80. The molecule has 268 valence electrons. The van der Waals surface area contributed by atoms with Crippen molar-refractivity contribution >= 4 is 89.8 Å². The van der Waals surface area contributed by atoms with E-state index < -0.39 is 94.8 Å². The number of hydrogen-bond acceptors (Lipinski definition) is 17. The molecule has 0 aliphatic carbocycles. The maximum atomic E-state index is 12.4. The van der Waals surface area contributed by atoms with E-state index in [0.29, 0.717) is 18.2 Å². The Kier molecular flexibility index (Phi) is 10.5. The summed E-state index contributed by atoms with van der Waals surface area (Å²) in [5.41, 5.74) is 3.67. The van der Waals surface area contributed by atoms with Gasteiger partial charge in [0.1, 0.15) is 26.9 Å². The summed E-state index contributed by atoms with van der Waals surface area (Å²) in [4.78, 5) is -3.35. The van der Waals surface area contributed by atoms with Gasteiger partial charge in [-0.1, -0.05) is 0 Å². The number of hydrogen-bond donors (Lipinski definition) is 6. The predicted octanol–water partition coefficient (Wildman–Crippen LogP) is 3.29. The second-order valence-corrected chi connectivity index (χ2v) is 17.1. The summed E-state index contributed by atoms with van der Waals surface area (Å²) >= 11 is 0. The van der Waals surface area contributed by atoms with Crippen LogP contribution in [0, 0.1) is 0 Å². The number of rotatable bonds is 12. The van der Waals surface area contributed by atoms with Gasteiger partial charge in [-0.25, -0.2) is 12.6 Å². The van der Waals surface area contributed by atoms with Crippen LogP contribution in [-0.2, 0) is 54.8 Å². The first-order chi connectivity index (χ1) is 22.9. The lowest BCUT2D eigenvalue weighted by Gasteiger charge is -2.12. The van der Waals surface area contributed by atoms with Crippen LogP contribution in [0.5, 0.6) is 5.75 Å². The van der Waals surface area contributed by atoms with Gasteiger partial charge in [-0.15, -0.1) is 15.3 Å². The van der Waals surface area contributed by atoms with E-state index >= 15 is 0 Å². The maximum absolute atomic E-state index is 12.4. The molecule has 0 amide bonds. The number of nitrogen functional groups attached to an aromatic ring is 1. The quantitative estimate of drug-likeness (QED) is 0.0680. The van der Waals surface area contributed by atoms with Crippen molar-refractivity contribution in [1.82, 2.24) is 0 Å². The number of phenolic OH excluding ortho intramolecular Hbond substituents is 1. The molecule has 50 heavy (non-hydrogen) atoms. The van der Waals surface area contributed by atoms with Crippen LogP contribution >= 0.6 is 0 Å². The maximum Gasteiger partial charge on any atom is 0.397 e. The molecule has 0 bridgehead atoms. The van der Waals surface area contributed by atoms with Gasteiger partial charge in [0.2, 0.25) is 0 Å². The summed E-state index contributed by atoms with van der Waals surface area (Å²) in [6.07, 6.45) is 0. The Morgan fingerprint density at radius 2 is 1.18 bits per heavy atom. The minimum Gasteiger partial charge on any atom is -0.505 e. The van der Waals surface area contributed by atoms with E-state index in [4.69, 9.17) is 10.3 Å². The van der Waals surface area contributed by atoms with Gasteiger partial charge in [-0.05, 0) is 60.7 Å². The average molecular weight is 796 g/mol. The highest BCUT2D eigenvalue weighted by Crippen LogP contribution is 2.46. The highest BCUT2D eigenvalue weighted by Gasteiger charge is 2.25. The Hall–Kier alpha value is -4.51. The van der Waals surface area contributed by atoms with Crippen LogP contribution in [-0.4, -0.2) is 77.8 Å². The molecule has 0 atom stereocenters. The van der Waals surface area contributed by atoms with Crippen LogP contribution in [0.25, 0.3) is 10.8 Å². The fourth-order valence-corrected chi connectivity index (χ4v) is 7.32. The largest absolute Gasteiger partial charge is 0.505 e. The first kappa shape index (κ1) is 38.3. The SMILES string of the molecule is Nc1ccc2c(O)c(/N=N/c3cc(S(=O)(=O)O)ccc3S(=O)(=O)O)c(S(=O)(=O)O)cc2c1/N=N/c1ccc(S(=O)(=O)CCOS(=O)(=O)O)cc1. The first-order valence-electron chi connectivity index (χ1n) is 12.8. The smallest absolute Gasteiger partial charge is 0.397 e. The zero-order chi connectivity index (χ0) is 37.4. The molecule has 0 aromatic heterocycles. The zero-order valence-electron chi connectivity index (χ0n) is 24.3. The van der Waals surface area contributed by atoms with E-state index in [2.05, 4.69) is 24.6 Å². The fourth-order valence-electron chi connectivity index (χ4n) is 4.08. The lowest BCUT2D eigenvalue weighted by molar-refractivity contribution is 0.284. The third kappa shape index (κ3) is 8.98. The van der Waals surface area contributed by atoms with Crippen LogP contribution in [0.3, 0.4) is 0 Å². The Morgan fingerprint density at radius 1 is 0.600 bits per heavy atom. The summed E-state index contributed by atoms with van der Waals surface area (Å²) in [5.74, 6) is -1.80. The van der Waals surface area contributed by atoms with E-state index in [9.17, 15) is 60.9 Å². The standard InChI is InChI=1S/C24H21N5O16S5/c25-18-7-6-16-17(22(18)28-26-13-1-3-14(4-2-13)46(31,32)10-9-45-50(42,43)44)12-21(49(39,40)41)23(24(16)30)29-27-19-11-15(47(33,34)35)5-8-20(19)48(36,37)38/h1-8,11-12,30H,9-10,25H2,(H,33,34,35)(H,36,37,38)(H,39,40,41)(H,42,43,44)/b28-26+,29-27+. The number of nitrogens with two attached hydrogens (primary N) is 1. The molecule has 4 aromatic rings. The molecule has 0 aliphatic heterocycles. The van der Waals surface area contributed by atoms with Crippen LogP contribution in [0.4, 0.5) is 28.4 Å². The average Bonchev–Trinajstić information content (AvgIpc) is 2.98. The molecule has 0 aliphatic rings. The molecule has 0 heterocycles. The first-order valence-corrected chi connectivity index (χ1v) is 20.1. The van der Waals surface area contributed by atoms with E-state index in [0.717, 1.165) is 18.2 Å². The molecule has 0 fully saturated rings. The second kappa shape index (κ2) is 13.7. The third-order valence-electron chi connectivity index (χ3n) is 6.32. The van der Waals surface area contributed by atoms with E-state index in [1.165, 1.54) is 24.3 Å². The zero-order valence-corrected chi connectivity index (χ0v) is 28.4. The molecule has 0 spiro atoms. The molecular formula is C24H21N5O16S5. The lowest BCUT2D eigenvalue weighted by atomic mass is 10.1. The number of azo groups is 2. The van der Waals surface area contributed by atoms with Gasteiger partial charge in [0, 0.05) is 10.8 Å². The summed E-state index contributed by atoms with van der Waals surface area (Å²) in [5, 5.41) is 25.4. The van der Waals surface area contributed by atoms with E-state index in [-0.39, 0.29) is 32.7 Å². The van der Waals surface area contributed by atoms with E-state index in [1.807, 2.05) is 0 Å². The molecule has 0 saturated carbocycles. The van der Waals surface area contributed by atoms with Crippen molar-refractivity contribution in [3.8, 4) is 5.75 Å². The van der Waals surface area contributed by atoms with Gasteiger partial charge in [0.05, 0.1) is 33.5 Å². The van der Waals surface area contributed by atoms with Crippen LogP contribution in [0.15, 0.2) is 101 Å². The van der Waals surface area contributed by atoms with Crippen LogP contribution in [0.1, 0.15) is 0 Å². The van der Waals surface area contributed by atoms with Gasteiger partial charge < -0.3 is 10.8 Å². The molecular weight excluding hydrogens is 775 g/mol. The van der Waals surface area contributed by atoms with Crippen molar-refractivity contribution in [3.05, 3.63) is 60.7 Å². The molecule has 0 saturated heterocycles. The molecule has 21 nitrogen and oxygen atoms in total. The Labute approximate surface area is 282 Å². The molecule has 0 radical (unpaired) electrons. The van der Waals surface area contributed by atoms with Crippen molar-refractivity contribution in [2.45, 2.75) is 19.6 Å². The predicted molar refractivity (Wildman–Crippen MR) is 170 cm³/mol. The number of fused-ring (bicyclic) bond motifs is 1. The van der Waals surface area contributed by atoms with Gasteiger partial charge in [-0.3, -0.25) is 18.2 Å². The van der Waals surface area contributed by atoms with Gasteiger partial charge in [0.25, 0.3) is 30.4 Å². The van der Waals surface area contributed by atoms with Crippen LogP contribution in [0.2, 0.25) is 0 Å². The highest BCUT2D eigenvalue weighted by atomic mass is 32.3. The summed E-state index contributed by atoms with van der Waals surface area (Å²) in [7, 11) is -24.3. The number of nitrogens with zero attached hydrogens (tertiary/aromatic N) is 4. The van der Waals surface area contributed by atoms with Crippen molar-refractivity contribution in [2.75, 3.05) is 18.1 Å². The second-order valence-electron chi connectivity index (χ2n) is 9.69. The van der Waals surface area contributed by atoms with Gasteiger partial charge >= 0.3 is 10.4 Å². The number of sulfone groups is 1. The Bertz CT molecular complexity index is 2640. The van der Waals surface area contributed by atoms with Gasteiger partial charge in [0.15, 0.2) is 15.6 Å². The fraction of sp³-hybridized carbons (Fsp3) is 0.0833. The monoisotopic (exact) mass is 795 g/mol. The number of phenols is 1. The van der Waals surface area contributed by atoms with Crippen LogP contribution < -0.4 is 5.73 Å².